The molecule has 0 heterocycles. The first-order valence-electron chi connectivity index (χ1n) is 11.5. The van der Waals surface area contributed by atoms with Crippen LogP contribution in [0.15, 0.2) is 57.5 Å². The molecule has 2 unspecified atom stereocenters. The van der Waals surface area contributed by atoms with E-state index in [0.29, 0.717) is 30.0 Å². The van der Waals surface area contributed by atoms with Crippen LogP contribution < -0.4 is 5.32 Å². The van der Waals surface area contributed by atoms with Gasteiger partial charge in [0, 0.05) is 30.5 Å². The van der Waals surface area contributed by atoms with Gasteiger partial charge in [-0.25, -0.2) is 4.79 Å². The Kier molecular flexibility index (Phi) is 7.96. The second-order valence-electron chi connectivity index (χ2n) is 9.93. The summed E-state index contributed by atoms with van der Waals surface area (Å²) in [5.41, 5.74) is 3.86. The van der Waals surface area contributed by atoms with Gasteiger partial charge in [-0.1, -0.05) is 17.5 Å². The van der Waals surface area contributed by atoms with Crippen LogP contribution in [0.1, 0.15) is 46.5 Å². The van der Waals surface area contributed by atoms with Crippen LogP contribution in [0.3, 0.4) is 0 Å². The number of alkyl halides is 6. The summed E-state index contributed by atoms with van der Waals surface area (Å²) in [6.07, 6.45) is -8.54. The first kappa shape index (κ1) is 28.5. The maximum absolute atomic E-state index is 13.2. The quantitative estimate of drug-likeness (QED) is 0.300. The van der Waals surface area contributed by atoms with Crippen LogP contribution in [-0.4, -0.2) is 61.3 Å². The lowest BCUT2D eigenvalue weighted by molar-refractivity contribution is -0.122. The molecule has 1 N–H and O–H groups in total. The van der Waals surface area contributed by atoms with E-state index in [9.17, 15) is 35.9 Å². The third-order valence-corrected chi connectivity index (χ3v) is 5.81. The van der Waals surface area contributed by atoms with E-state index in [1.807, 2.05) is 0 Å². The number of allylic oxidation sites excluding steroid dienone is 4. The highest BCUT2D eigenvalue weighted by atomic mass is 19.4. The molecule has 0 aromatic heterocycles. The Morgan fingerprint density at radius 2 is 1.78 bits per heavy atom. The average Bonchev–Trinajstić information content (AvgIpc) is 3.14. The number of hydrogen-bond donors (Lipinski definition) is 1. The molecule has 0 saturated heterocycles. The van der Waals surface area contributed by atoms with Gasteiger partial charge in [0.2, 0.25) is 5.91 Å². The molecule has 0 aliphatic heterocycles. The van der Waals surface area contributed by atoms with Crippen molar-refractivity contribution in [3.63, 3.8) is 0 Å². The monoisotopic (exact) mass is 526 g/mol. The Labute approximate surface area is 211 Å². The first-order chi connectivity index (χ1) is 16.9. The van der Waals surface area contributed by atoms with Gasteiger partial charge in [0.15, 0.2) is 0 Å². The van der Waals surface area contributed by atoms with Crippen molar-refractivity contribution in [2.45, 2.75) is 76.5 Å². The predicted octanol–water partition coefficient (Wildman–Crippen LogP) is 5.31. The van der Waals surface area contributed by atoms with Crippen LogP contribution >= 0.6 is 0 Å². The van der Waals surface area contributed by atoms with Crippen LogP contribution in [0.25, 0.3) is 0 Å². The lowest BCUT2D eigenvalue weighted by Gasteiger charge is -2.32. The van der Waals surface area contributed by atoms with E-state index in [-0.39, 0.29) is 19.0 Å². The zero-order valence-corrected chi connectivity index (χ0v) is 20.4. The van der Waals surface area contributed by atoms with Crippen molar-refractivity contribution in [2.75, 3.05) is 6.54 Å². The van der Waals surface area contributed by atoms with Crippen molar-refractivity contribution >= 4 is 19.8 Å². The van der Waals surface area contributed by atoms with E-state index >= 15 is 0 Å². The molecule has 3 aliphatic carbocycles. The number of rotatable bonds is 5. The molecular weight excluding hydrogens is 501 g/mol. The SMILES string of the molecule is [B]C1=C=C=C2C(=C1)CCC2N(CCC(=O)NC1C=C(C(F)(F)F)C=C(C(F)(F)F)C1)C(=O)OC(C)(C)C. The molecule has 1 saturated carbocycles. The Morgan fingerprint density at radius 1 is 1.11 bits per heavy atom. The first-order valence-corrected chi connectivity index (χ1v) is 11.5. The van der Waals surface area contributed by atoms with Gasteiger partial charge in [-0.3, -0.25) is 9.69 Å². The minimum atomic E-state index is -5.01. The summed E-state index contributed by atoms with van der Waals surface area (Å²) in [5.74, 6) is -0.814. The number of halogens is 6. The minimum absolute atomic E-state index is 0.0463. The van der Waals surface area contributed by atoms with E-state index < -0.39 is 59.6 Å². The van der Waals surface area contributed by atoms with E-state index in [4.69, 9.17) is 12.6 Å². The van der Waals surface area contributed by atoms with Crippen molar-refractivity contribution < 1.29 is 40.7 Å². The van der Waals surface area contributed by atoms with Crippen LogP contribution in [-0.2, 0) is 9.53 Å². The molecule has 0 aromatic rings. The molecule has 1 fully saturated rings. The number of hydrogen-bond acceptors (Lipinski definition) is 3. The maximum atomic E-state index is 13.2. The summed E-state index contributed by atoms with van der Waals surface area (Å²) in [5, 5.41) is 2.22. The zero-order valence-electron chi connectivity index (χ0n) is 20.4. The highest BCUT2D eigenvalue weighted by molar-refractivity contribution is 6.23. The molecule has 2 atom stereocenters. The van der Waals surface area contributed by atoms with Crippen LogP contribution in [0.2, 0.25) is 0 Å². The van der Waals surface area contributed by atoms with Crippen LogP contribution in [0, 0.1) is 0 Å². The molecular formula is C25H25BF6N2O3. The summed E-state index contributed by atoms with van der Waals surface area (Å²) in [6.45, 7) is 4.81. The fourth-order valence-corrected chi connectivity index (χ4v) is 4.24. The molecule has 2 radical (unpaired) electrons. The van der Waals surface area contributed by atoms with Crippen molar-refractivity contribution in [3.8, 4) is 0 Å². The zero-order chi connectivity index (χ0) is 27.8. The van der Waals surface area contributed by atoms with E-state index in [1.54, 1.807) is 26.8 Å². The predicted molar refractivity (Wildman–Crippen MR) is 123 cm³/mol. The largest absolute Gasteiger partial charge is 0.444 e. The number of ether oxygens (including phenoxy) is 1. The fraction of sp³-hybridized carbons (Fsp3) is 0.520. The number of nitrogens with one attached hydrogen (secondary N) is 1. The number of fused-ring (bicyclic) bond motifs is 1. The van der Waals surface area contributed by atoms with Crippen molar-refractivity contribution in [2.24, 2.45) is 0 Å². The van der Waals surface area contributed by atoms with E-state index in [1.165, 1.54) is 4.90 Å². The highest BCUT2D eigenvalue weighted by Gasteiger charge is 2.42. The molecule has 5 nitrogen and oxygen atoms in total. The Balaban J connectivity index is 1.76. The van der Waals surface area contributed by atoms with Gasteiger partial charge >= 0.3 is 18.4 Å². The molecule has 0 aromatic carbocycles. The maximum Gasteiger partial charge on any atom is 0.416 e. The highest BCUT2D eigenvalue weighted by Crippen LogP contribution is 2.38. The Bertz CT molecular complexity index is 1160. The lowest BCUT2D eigenvalue weighted by atomic mass is 9.90. The molecule has 12 heteroatoms. The van der Waals surface area contributed by atoms with Crippen molar-refractivity contribution in [1.29, 1.82) is 0 Å². The van der Waals surface area contributed by atoms with Crippen molar-refractivity contribution in [1.82, 2.24) is 10.2 Å². The fourth-order valence-electron chi connectivity index (χ4n) is 4.24. The topological polar surface area (TPSA) is 58.6 Å². The van der Waals surface area contributed by atoms with Gasteiger partial charge in [0.25, 0.3) is 0 Å². The summed E-state index contributed by atoms with van der Waals surface area (Å²) in [7, 11) is 5.76. The van der Waals surface area contributed by atoms with Gasteiger partial charge in [-0.05, 0) is 56.8 Å². The smallest absolute Gasteiger partial charge is 0.416 e. The normalized spacial score (nSPS) is 21.7. The molecule has 198 valence electrons. The second-order valence-corrected chi connectivity index (χ2v) is 9.93. The molecule has 37 heavy (non-hydrogen) atoms. The number of carbonyl (C=O) groups excluding carboxylic acids is 2. The minimum Gasteiger partial charge on any atom is -0.444 e. The Morgan fingerprint density at radius 3 is 2.38 bits per heavy atom. The summed E-state index contributed by atoms with van der Waals surface area (Å²) < 4.78 is 84.4. The standard InChI is InChI=1S/C25H25BF6N2O3/c1-23(2,3)37-22(36)34(20-7-4-14-10-17(26)5-6-19(14)20)9-8-21(35)33-18-12-15(24(27,28)29)11-16(13-18)25(30,31)32/h10-12,18,20H,4,7-9,13H2,1-3H3,(H,33,35). The third kappa shape index (κ3) is 7.46. The molecule has 0 bridgehead atoms. The number of nitrogens with zero attached hydrogens (tertiary/aromatic N) is 1. The number of carbonyl (C=O) groups is 2. The van der Waals surface area contributed by atoms with E-state index in [2.05, 4.69) is 16.8 Å². The lowest BCUT2D eigenvalue weighted by Crippen LogP contribution is -2.45. The van der Waals surface area contributed by atoms with Crippen molar-refractivity contribution in [3.05, 3.63) is 57.5 Å². The average molecular weight is 526 g/mol. The molecule has 0 spiro atoms. The molecule has 3 aliphatic rings. The Hall–Kier alpha value is -3.10. The summed E-state index contributed by atoms with van der Waals surface area (Å²) in [4.78, 5) is 26.9. The second kappa shape index (κ2) is 10.3. The summed E-state index contributed by atoms with van der Waals surface area (Å²) >= 11 is 0. The van der Waals surface area contributed by atoms with Gasteiger partial charge in [-0.2, -0.15) is 26.3 Å². The van der Waals surface area contributed by atoms with Crippen LogP contribution in [0.5, 0.6) is 0 Å². The van der Waals surface area contributed by atoms with Gasteiger partial charge in [0.05, 0.1) is 17.7 Å². The number of amides is 2. The molecule has 3 rings (SSSR count). The summed E-state index contributed by atoms with van der Waals surface area (Å²) in [6, 6.07) is -2.03. The van der Waals surface area contributed by atoms with Gasteiger partial charge < -0.3 is 10.1 Å². The molecule has 2 amide bonds. The van der Waals surface area contributed by atoms with E-state index in [0.717, 1.165) is 5.57 Å². The van der Waals surface area contributed by atoms with Gasteiger partial charge in [0.1, 0.15) is 13.4 Å². The van der Waals surface area contributed by atoms with Gasteiger partial charge in [-0.15, -0.1) is 0 Å². The van der Waals surface area contributed by atoms with Crippen LogP contribution in [0.4, 0.5) is 31.1 Å². The third-order valence-electron chi connectivity index (χ3n) is 5.81.